The molecule has 8 heteroatoms. The molecule has 1 amide bonds. The maximum absolute atomic E-state index is 12.5. The first-order valence-electron chi connectivity index (χ1n) is 8.00. The number of hydrogen-bond acceptors (Lipinski definition) is 6. The van der Waals surface area contributed by atoms with Gasteiger partial charge in [0.05, 0.1) is 32.5 Å². The summed E-state index contributed by atoms with van der Waals surface area (Å²) in [7, 11) is 4.37. The van der Waals surface area contributed by atoms with Crippen molar-refractivity contribution in [1.82, 2.24) is 0 Å². The van der Waals surface area contributed by atoms with E-state index in [0.717, 1.165) is 0 Å². The molecule has 0 fully saturated rings. The van der Waals surface area contributed by atoms with Gasteiger partial charge in [-0.05, 0) is 24.3 Å². The van der Waals surface area contributed by atoms with Gasteiger partial charge in [0.15, 0.2) is 0 Å². The molecule has 144 valence electrons. The number of hydrogen-bond donors (Lipinski definition) is 2. The number of nitriles is 1. The summed E-state index contributed by atoms with van der Waals surface area (Å²) in [4.78, 5) is 23.5. The van der Waals surface area contributed by atoms with Gasteiger partial charge in [-0.15, -0.1) is 0 Å². The molecule has 0 atom stereocenters. The molecular formula is C20H18N2O6. The molecule has 2 aromatic rings. The van der Waals surface area contributed by atoms with Gasteiger partial charge in [0.2, 0.25) is 0 Å². The second kappa shape index (κ2) is 9.09. The molecule has 0 saturated heterocycles. The van der Waals surface area contributed by atoms with Gasteiger partial charge in [-0.25, -0.2) is 4.79 Å². The average Bonchev–Trinajstić information content (AvgIpc) is 2.71. The van der Waals surface area contributed by atoms with E-state index < -0.39 is 11.9 Å². The normalized spacial score (nSPS) is 10.6. The van der Waals surface area contributed by atoms with Crippen LogP contribution in [0.5, 0.6) is 17.2 Å². The molecule has 0 aliphatic rings. The topological polar surface area (TPSA) is 118 Å². The Labute approximate surface area is 161 Å². The maximum atomic E-state index is 12.5. The van der Waals surface area contributed by atoms with Crippen molar-refractivity contribution in [3.63, 3.8) is 0 Å². The van der Waals surface area contributed by atoms with Crippen LogP contribution in [0.4, 0.5) is 5.69 Å². The molecule has 0 saturated carbocycles. The number of methoxy groups -OCH3 is 3. The predicted octanol–water partition coefficient (Wildman–Crippen LogP) is 2.96. The Balaban J connectivity index is 2.41. The Morgan fingerprint density at radius 3 is 2.21 bits per heavy atom. The Morgan fingerprint density at radius 2 is 1.71 bits per heavy atom. The molecule has 28 heavy (non-hydrogen) atoms. The highest BCUT2D eigenvalue weighted by Gasteiger charge is 2.16. The van der Waals surface area contributed by atoms with Crippen LogP contribution < -0.4 is 19.5 Å². The highest BCUT2D eigenvalue weighted by molar-refractivity contribution is 6.10. The number of nitrogens with one attached hydrogen (secondary N) is 1. The van der Waals surface area contributed by atoms with Crippen molar-refractivity contribution in [2.75, 3.05) is 26.6 Å². The van der Waals surface area contributed by atoms with Crippen molar-refractivity contribution < 1.29 is 28.9 Å². The van der Waals surface area contributed by atoms with Crippen LogP contribution in [-0.2, 0) is 4.79 Å². The van der Waals surface area contributed by atoms with Gasteiger partial charge in [0.25, 0.3) is 5.91 Å². The second-order valence-electron chi connectivity index (χ2n) is 5.46. The number of carboxylic acid groups (broad SMARTS) is 1. The highest BCUT2D eigenvalue weighted by Crippen LogP contribution is 2.35. The zero-order valence-corrected chi connectivity index (χ0v) is 15.5. The first-order chi connectivity index (χ1) is 13.4. The van der Waals surface area contributed by atoms with E-state index in [-0.39, 0.29) is 16.8 Å². The maximum Gasteiger partial charge on any atom is 0.335 e. The molecule has 0 radical (unpaired) electrons. The van der Waals surface area contributed by atoms with Gasteiger partial charge < -0.3 is 24.6 Å². The van der Waals surface area contributed by atoms with Crippen molar-refractivity contribution in [3.8, 4) is 23.3 Å². The van der Waals surface area contributed by atoms with Crippen LogP contribution in [0.3, 0.4) is 0 Å². The van der Waals surface area contributed by atoms with Gasteiger partial charge in [0.1, 0.15) is 28.9 Å². The number of amides is 1. The number of benzene rings is 2. The van der Waals surface area contributed by atoms with E-state index in [9.17, 15) is 14.9 Å². The lowest BCUT2D eigenvalue weighted by Gasteiger charge is -2.13. The van der Waals surface area contributed by atoms with Crippen LogP contribution in [0.15, 0.2) is 42.0 Å². The molecule has 0 unspecified atom stereocenters. The van der Waals surface area contributed by atoms with E-state index in [1.807, 2.05) is 6.07 Å². The van der Waals surface area contributed by atoms with Gasteiger partial charge in [-0.1, -0.05) is 6.07 Å². The Morgan fingerprint density at radius 1 is 1.07 bits per heavy atom. The minimum absolute atomic E-state index is 0.0128. The molecule has 0 heterocycles. The van der Waals surface area contributed by atoms with Gasteiger partial charge in [-0.2, -0.15) is 5.26 Å². The first-order valence-corrected chi connectivity index (χ1v) is 8.00. The van der Waals surface area contributed by atoms with Crippen LogP contribution in [0.2, 0.25) is 0 Å². The predicted molar refractivity (Wildman–Crippen MR) is 102 cm³/mol. The lowest BCUT2D eigenvalue weighted by molar-refractivity contribution is -0.112. The largest absolute Gasteiger partial charge is 0.496 e. The smallest absolute Gasteiger partial charge is 0.335 e. The van der Waals surface area contributed by atoms with E-state index in [1.165, 1.54) is 51.7 Å². The van der Waals surface area contributed by atoms with Crippen molar-refractivity contribution in [1.29, 1.82) is 5.26 Å². The number of ether oxygens (including phenoxy) is 3. The summed E-state index contributed by atoms with van der Waals surface area (Å²) >= 11 is 0. The fourth-order valence-electron chi connectivity index (χ4n) is 2.40. The molecule has 0 bridgehead atoms. The summed E-state index contributed by atoms with van der Waals surface area (Å²) in [6.45, 7) is 0. The molecule has 8 nitrogen and oxygen atoms in total. The minimum atomic E-state index is -1.13. The summed E-state index contributed by atoms with van der Waals surface area (Å²) in [5.74, 6) is -0.640. The van der Waals surface area contributed by atoms with Gasteiger partial charge in [0, 0.05) is 17.8 Å². The van der Waals surface area contributed by atoms with Crippen LogP contribution in [-0.4, -0.2) is 38.3 Å². The van der Waals surface area contributed by atoms with Crippen LogP contribution in [0.1, 0.15) is 15.9 Å². The van der Waals surface area contributed by atoms with E-state index >= 15 is 0 Å². The third-order valence-electron chi connectivity index (χ3n) is 3.77. The molecule has 0 aliphatic heterocycles. The fraction of sp³-hybridized carbons (Fsp3) is 0.150. The summed E-state index contributed by atoms with van der Waals surface area (Å²) in [6, 6.07) is 10.7. The third kappa shape index (κ3) is 4.59. The third-order valence-corrected chi connectivity index (χ3v) is 3.77. The van der Waals surface area contributed by atoms with Crippen LogP contribution in [0, 0.1) is 11.3 Å². The number of aromatic carboxylic acids is 1. The van der Waals surface area contributed by atoms with Gasteiger partial charge in [-0.3, -0.25) is 4.79 Å². The minimum Gasteiger partial charge on any atom is -0.496 e. The summed E-state index contributed by atoms with van der Waals surface area (Å²) < 4.78 is 15.8. The Kier molecular flexibility index (Phi) is 6.60. The zero-order chi connectivity index (χ0) is 20.7. The quantitative estimate of drug-likeness (QED) is 0.558. The van der Waals surface area contributed by atoms with E-state index in [1.54, 1.807) is 12.1 Å². The van der Waals surface area contributed by atoms with Crippen LogP contribution >= 0.6 is 0 Å². The Hall–Kier alpha value is -3.99. The van der Waals surface area contributed by atoms with Crippen LogP contribution in [0.25, 0.3) is 6.08 Å². The van der Waals surface area contributed by atoms with E-state index in [2.05, 4.69) is 5.32 Å². The molecular weight excluding hydrogens is 364 g/mol. The standard InChI is InChI=1S/C20H18N2O6/c1-26-15-9-17(27-2)16(18(10-15)28-3)8-13(11-21)19(23)22-14-6-4-5-12(7-14)20(24)25/h4-10H,1-3H3,(H,22,23)(H,24,25). The van der Waals surface area contributed by atoms with Gasteiger partial charge >= 0.3 is 5.97 Å². The summed E-state index contributed by atoms with van der Waals surface area (Å²) in [6.07, 6.45) is 1.33. The van der Waals surface area contributed by atoms with E-state index in [0.29, 0.717) is 22.8 Å². The SMILES string of the molecule is COc1cc(OC)c(C=C(C#N)C(=O)Nc2cccc(C(=O)O)c2)c(OC)c1. The number of carbonyl (C=O) groups excluding carboxylic acids is 1. The Bertz CT molecular complexity index is 950. The first kappa shape index (κ1) is 20.3. The zero-order valence-electron chi connectivity index (χ0n) is 15.5. The fourth-order valence-corrected chi connectivity index (χ4v) is 2.40. The van der Waals surface area contributed by atoms with Crippen molar-refractivity contribution in [3.05, 3.63) is 53.1 Å². The highest BCUT2D eigenvalue weighted by atomic mass is 16.5. The van der Waals surface area contributed by atoms with Crippen molar-refractivity contribution in [2.45, 2.75) is 0 Å². The molecule has 0 spiro atoms. The summed E-state index contributed by atoms with van der Waals surface area (Å²) in [5.41, 5.74) is 0.428. The number of carbonyl (C=O) groups is 2. The molecule has 2 N–H and O–H groups in total. The number of carboxylic acids is 1. The monoisotopic (exact) mass is 382 g/mol. The molecule has 2 rings (SSSR count). The molecule has 0 aromatic heterocycles. The lowest BCUT2D eigenvalue weighted by Crippen LogP contribution is -2.14. The van der Waals surface area contributed by atoms with Crippen molar-refractivity contribution in [2.24, 2.45) is 0 Å². The average molecular weight is 382 g/mol. The van der Waals surface area contributed by atoms with Crippen molar-refractivity contribution >= 4 is 23.6 Å². The number of rotatable bonds is 7. The number of anilines is 1. The van der Waals surface area contributed by atoms with E-state index in [4.69, 9.17) is 19.3 Å². The molecule has 0 aliphatic carbocycles. The second-order valence-corrected chi connectivity index (χ2v) is 5.46. The number of nitrogens with zero attached hydrogens (tertiary/aromatic N) is 1. The lowest BCUT2D eigenvalue weighted by atomic mass is 10.1. The molecule has 2 aromatic carbocycles. The summed E-state index contributed by atoms with van der Waals surface area (Å²) in [5, 5.41) is 21.0.